The van der Waals surface area contributed by atoms with Gasteiger partial charge in [0, 0.05) is 12.3 Å². The second kappa shape index (κ2) is 3.41. The third-order valence-corrected chi connectivity index (χ3v) is 1.79. The van der Waals surface area contributed by atoms with Crippen molar-refractivity contribution in [1.82, 2.24) is 9.55 Å². The molecule has 0 saturated carbocycles. The Morgan fingerprint density at radius 3 is 2.93 bits per heavy atom. The molecule has 0 fully saturated rings. The van der Waals surface area contributed by atoms with E-state index in [1.165, 1.54) is 17.2 Å². The number of furan rings is 1. The Morgan fingerprint density at radius 1 is 1.53 bits per heavy atom. The number of hydrogen-bond acceptors (Lipinski definition) is 4. The molecule has 15 heavy (non-hydrogen) atoms. The van der Waals surface area contributed by atoms with Gasteiger partial charge >= 0.3 is 5.97 Å². The van der Waals surface area contributed by atoms with Crippen LogP contribution in [0, 0.1) is 0 Å². The van der Waals surface area contributed by atoms with Gasteiger partial charge in [0.2, 0.25) is 5.88 Å². The maximum Gasteiger partial charge on any atom is 0.342 e. The first kappa shape index (κ1) is 9.20. The number of hydrogen-bond donors (Lipinski definition) is 1. The van der Waals surface area contributed by atoms with Gasteiger partial charge in [0.05, 0.1) is 6.26 Å². The highest BCUT2D eigenvalue weighted by Gasteiger charge is 2.10. The van der Waals surface area contributed by atoms with Gasteiger partial charge in [0.1, 0.15) is 11.9 Å². The van der Waals surface area contributed by atoms with Gasteiger partial charge in [-0.2, -0.15) is 4.98 Å². The minimum atomic E-state index is -1.31. The number of nitrogens with zero attached hydrogens (tertiary/aromatic N) is 2. The zero-order valence-corrected chi connectivity index (χ0v) is 7.45. The second-order valence-corrected chi connectivity index (χ2v) is 2.76. The predicted molar refractivity (Wildman–Crippen MR) is 49.1 cm³/mol. The van der Waals surface area contributed by atoms with Crippen molar-refractivity contribution in [3.8, 4) is 5.88 Å². The van der Waals surface area contributed by atoms with Crippen molar-refractivity contribution in [2.24, 2.45) is 0 Å². The van der Waals surface area contributed by atoms with E-state index < -0.39 is 17.1 Å². The number of carboxylic acid groups (broad SMARTS) is 1. The van der Waals surface area contributed by atoms with E-state index in [1.807, 2.05) is 0 Å². The fourth-order valence-electron chi connectivity index (χ4n) is 1.10. The molecule has 0 aliphatic carbocycles. The monoisotopic (exact) mass is 206 g/mol. The molecule has 0 amide bonds. The highest BCUT2D eigenvalue weighted by molar-refractivity contribution is 5.86. The van der Waals surface area contributed by atoms with Crippen LogP contribution in [-0.2, 0) is 0 Å². The van der Waals surface area contributed by atoms with Crippen LogP contribution in [0.4, 0.5) is 0 Å². The van der Waals surface area contributed by atoms with Crippen molar-refractivity contribution in [3.63, 3.8) is 0 Å². The highest BCUT2D eigenvalue weighted by atomic mass is 16.4. The van der Waals surface area contributed by atoms with Gasteiger partial charge in [-0.25, -0.2) is 4.79 Å². The Balaban J connectivity index is 2.57. The van der Waals surface area contributed by atoms with E-state index in [-0.39, 0.29) is 0 Å². The van der Waals surface area contributed by atoms with Gasteiger partial charge in [-0.05, 0) is 6.07 Å². The Kier molecular flexibility index (Phi) is 2.09. The minimum Gasteiger partial charge on any atom is -0.477 e. The molecule has 0 aliphatic rings. The molecule has 0 aliphatic heterocycles. The number of carbonyl (C=O) groups is 1. The lowest BCUT2D eigenvalue weighted by Crippen LogP contribution is -2.19. The highest BCUT2D eigenvalue weighted by Crippen LogP contribution is 2.06. The number of carboxylic acids is 1. The molecule has 76 valence electrons. The Bertz CT molecular complexity index is 541. The third kappa shape index (κ3) is 1.64. The van der Waals surface area contributed by atoms with Crippen LogP contribution < -0.4 is 5.56 Å². The lowest BCUT2D eigenvalue weighted by molar-refractivity contribution is 0.0694. The van der Waals surface area contributed by atoms with E-state index >= 15 is 0 Å². The zero-order valence-electron chi connectivity index (χ0n) is 7.45. The SMILES string of the molecule is O=C(O)c1cn(-c2ccco2)cnc1=O. The van der Waals surface area contributed by atoms with E-state index in [1.54, 1.807) is 12.1 Å². The zero-order chi connectivity index (χ0) is 10.8. The quantitative estimate of drug-likeness (QED) is 0.774. The Morgan fingerprint density at radius 2 is 2.33 bits per heavy atom. The molecule has 6 heteroatoms. The molecule has 0 bridgehead atoms. The molecular weight excluding hydrogens is 200 g/mol. The summed E-state index contributed by atoms with van der Waals surface area (Å²) in [5, 5.41) is 8.70. The molecule has 2 heterocycles. The Labute approximate surface area is 83.4 Å². The lowest BCUT2D eigenvalue weighted by atomic mass is 10.3. The van der Waals surface area contributed by atoms with Crippen molar-refractivity contribution in [3.05, 3.63) is 46.8 Å². The van der Waals surface area contributed by atoms with Crippen molar-refractivity contribution in [1.29, 1.82) is 0 Å². The van der Waals surface area contributed by atoms with Crippen LogP contribution >= 0.6 is 0 Å². The van der Waals surface area contributed by atoms with Crippen molar-refractivity contribution < 1.29 is 14.3 Å². The van der Waals surface area contributed by atoms with Gasteiger partial charge in [-0.15, -0.1) is 0 Å². The molecule has 2 aromatic heterocycles. The predicted octanol–water partition coefficient (Wildman–Crippen LogP) is 0.524. The topological polar surface area (TPSA) is 85.3 Å². The first-order valence-corrected chi connectivity index (χ1v) is 4.04. The first-order chi connectivity index (χ1) is 7.18. The summed E-state index contributed by atoms with van der Waals surface area (Å²) >= 11 is 0. The van der Waals surface area contributed by atoms with E-state index in [4.69, 9.17) is 9.52 Å². The summed E-state index contributed by atoms with van der Waals surface area (Å²) in [5.74, 6) is -0.918. The van der Waals surface area contributed by atoms with Gasteiger partial charge in [0.15, 0.2) is 0 Å². The fraction of sp³-hybridized carbons (Fsp3) is 0. The fourth-order valence-corrected chi connectivity index (χ4v) is 1.10. The number of aromatic carboxylic acids is 1. The summed E-state index contributed by atoms with van der Waals surface area (Å²) in [7, 11) is 0. The molecule has 0 aromatic carbocycles. The van der Waals surface area contributed by atoms with Gasteiger partial charge in [-0.1, -0.05) is 0 Å². The summed E-state index contributed by atoms with van der Waals surface area (Å²) in [5.41, 5.74) is -1.17. The largest absolute Gasteiger partial charge is 0.477 e. The van der Waals surface area contributed by atoms with E-state index in [0.717, 1.165) is 6.20 Å². The summed E-state index contributed by atoms with van der Waals surface area (Å²) in [6, 6.07) is 3.27. The van der Waals surface area contributed by atoms with Crippen LogP contribution in [0.3, 0.4) is 0 Å². The summed E-state index contributed by atoms with van der Waals surface area (Å²) in [6.45, 7) is 0. The molecule has 2 aromatic rings. The molecule has 0 spiro atoms. The van der Waals surface area contributed by atoms with Crippen LogP contribution in [-0.4, -0.2) is 20.6 Å². The molecule has 0 saturated heterocycles. The summed E-state index contributed by atoms with van der Waals surface area (Å²) < 4.78 is 6.35. The van der Waals surface area contributed by atoms with E-state index in [2.05, 4.69) is 4.98 Å². The molecule has 0 atom stereocenters. The van der Waals surface area contributed by atoms with Gasteiger partial charge < -0.3 is 9.52 Å². The first-order valence-electron chi connectivity index (χ1n) is 4.04. The molecular formula is C9H6N2O4. The standard InChI is InChI=1S/C9H6N2O4/c12-8-6(9(13)14)4-11(5-10-8)7-2-1-3-15-7/h1-5H,(H,13,14). The van der Waals surface area contributed by atoms with Crippen LogP contribution in [0.1, 0.15) is 10.4 Å². The van der Waals surface area contributed by atoms with Crippen LogP contribution in [0.2, 0.25) is 0 Å². The molecule has 1 N–H and O–H groups in total. The van der Waals surface area contributed by atoms with Crippen LogP contribution in [0.25, 0.3) is 5.88 Å². The number of rotatable bonds is 2. The maximum atomic E-state index is 11.0. The Hall–Kier alpha value is -2.37. The maximum absolute atomic E-state index is 11.0. The lowest BCUT2D eigenvalue weighted by Gasteiger charge is -2.01. The van der Waals surface area contributed by atoms with Gasteiger partial charge in [-0.3, -0.25) is 9.36 Å². The van der Waals surface area contributed by atoms with Crippen LogP contribution in [0.15, 0.2) is 40.1 Å². The van der Waals surface area contributed by atoms with Gasteiger partial charge in [0.25, 0.3) is 5.56 Å². The molecule has 0 radical (unpaired) electrons. The normalized spacial score (nSPS) is 10.1. The summed E-state index contributed by atoms with van der Waals surface area (Å²) in [4.78, 5) is 25.1. The van der Waals surface area contributed by atoms with Crippen molar-refractivity contribution in [2.75, 3.05) is 0 Å². The van der Waals surface area contributed by atoms with E-state index in [0.29, 0.717) is 5.88 Å². The van der Waals surface area contributed by atoms with E-state index in [9.17, 15) is 9.59 Å². The third-order valence-electron chi connectivity index (χ3n) is 1.79. The average molecular weight is 206 g/mol. The smallest absolute Gasteiger partial charge is 0.342 e. The molecule has 2 rings (SSSR count). The minimum absolute atomic E-state index is 0.394. The van der Waals surface area contributed by atoms with Crippen molar-refractivity contribution in [2.45, 2.75) is 0 Å². The second-order valence-electron chi connectivity index (χ2n) is 2.76. The molecule has 0 unspecified atom stereocenters. The van der Waals surface area contributed by atoms with Crippen molar-refractivity contribution >= 4 is 5.97 Å². The molecule has 6 nitrogen and oxygen atoms in total. The average Bonchev–Trinajstić information content (AvgIpc) is 2.71. The number of aromatic nitrogens is 2. The summed E-state index contributed by atoms with van der Waals surface area (Å²) in [6.07, 6.45) is 3.80. The van der Waals surface area contributed by atoms with Crippen LogP contribution in [0.5, 0.6) is 0 Å².